The standard InChI is InChI=1S/C27H36N6O6S.C2H4O2/c1-40-12-11-21(25(29)37)33-27(39)22(14-17-5-3-2-4-6-17)32-24(36)16-30-23(35)15-31-26(38)20(28)13-18-7-9-19(34)10-8-18;1-2(3)4/h2-10,20-22,34H,11-16,28H2,1H3,(H2,29,37)(H,30,35)(H,31,38)(H,32,36)(H,33,39);1H3,(H,3,4)/t20-,21-,22-;/m0./s1. The Bertz CT molecular complexity index is 1240. The summed E-state index contributed by atoms with van der Waals surface area (Å²) < 4.78 is 0. The highest BCUT2D eigenvalue weighted by atomic mass is 32.2. The highest BCUT2D eigenvalue weighted by Crippen LogP contribution is 2.11. The first kappa shape index (κ1) is 37.4. The molecule has 44 heavy (non-hydrogen) atoms. The number of phenols is 1. The van der Waals surface area contributed by atoms with Gasteiger partial charge >= 0.3 is 0 Å². The Morgan fingerprint density at radius 1 is 0.795 bits per heavy atom. The molecule has 0 saturated carbocycles. The number of hydrogen-bond acceptors (Lipinski definition) is 9. The lowest BCUT2D eigenvalue weighted by Gasteiger charge is -2.22. The average molecular weight is 633 g/mol. The van der Waals surface area contributed by atoms with Gasteiger partial charge in [-0.05, 0) is 48.1 Å². The van der Waals surface area contributed by atoms with Gasteiger partial charge in [0, 0.05) is 13.3 Å². The fraction of sp³-hybridized carbons (Fsp3) is 0.379. The Balaban J connectivity index is 0.00000227. The predicted molar refractivity (Wildman–Crippen MR) is 165 cm³/mol. The summed E-state index contributed by atoms with van der Waals surface area (Å²) >= 11 is 1.50. The minimum absolute atomic E-state index is 0.0931. The third-order valence-electron chi connectivity index (χ3n) is 5.80. The van der Waals surface area contributed by atoms with Crippen LogP contribution in [0.2, 0.25) is 0 Å². The minimum Gasteiger partial charge on any atom is -0.508 e. The molecule has 0 bridgehead atoms. The highest BCUT2D eigenvalue weighted by molar-refractivity contribution is 7.98. The van der Waals surface area contributed by atoms with Gasteiger partial charge in [-0.2, -0.15) is 11.8 Å². The third kappa shape index (κ3) is 16.1. The van der Waals surface area contributed by atoms with E-state index in [9.17, 15) is 29.1 Å². The molecule has 0 aliphatic heterocycles. The minimum atomic E-state index is -1.03. The molecule has 5 amide bonds. The van der Waals surface area contributed by atoms with Crippen LogP contribution in [0.25, 0.3) is 0 Å². The molecule has 0 fully saturated rings. The van der Waals surface area contributed by atoms with Crippen LogP contribution in [0.15, 0.2) is 54.6 Å². The fourth-order valence-electron chi connectivity index (χ4n) is 3.62. The number of hydrogen-bond donors (Lipinski definition) is 8. The molecule has 2 rings (SSSR count). The molecule has 0 radical (unpaired) electrons. The van der Waals surface area contributed by atoms with Crippen LogP contribution in [0.5, 0.6) is 5.75 Å². The SMILES string of the molecule is CC(=O)O.CSCC[C@H](NC(=O)[C@H](Cc1ccccc1)NC(=O)CNC(=O)CNC(=O)[C@@H](N)Cc1ccc(O)cc1)C(N)=O. The molecule has 0 saturated heterocycles. The molecule has 3 atom stereocenters. The molecular formula is C29H40N6O8S. The first-order valence-corrected chi connectivity index (χ1v) is 14.9. The van der Waals surface area contributed by atoms with Crippen molar-refractivity contribution >= 4 is 47.3 Å². The van der Waals surface area contributed by atoms with Crippen molar-refractivity contribution in [2.24, 2.45) is 11.5 Å². The molecule has 14 nitrogen and oxygen atoms in total. The van der Waals surface area contributed by atoms with E-state index in [1.807, 2.05) is 12.3 Å². The maximum Gasteiger partial charge on any atom is 0.300 e. The molecular weight excluding hydrogens is 592 g/mol. The van der Waals surface area contributed by atoms with Crippen LogP contribution in [0.4, 0.5) is 0 Å². The lowest BCUT2D eigenvalue weighted by molar-refractivity contribution is -0.134. The van der Waals surface area contributed by atoms with Crippen molar-refractivity contribution < 1.29 is 39.0 Å². The first-order chi connectivity index (χ1) is 20.8. The van der Waals surface area contributed by atoms with Gasteiger partial charge in [-0.25, -0.2) is 0 Å². The van der Waals surface area contributed by atoms with Crippen molar-refractivity contribution in [2.45, 2.75) is 44.3 Å². The van der Waals surface area contributed by atoms with Crippen molar-refractivity contribution in [2.75, 3.05) is 25.1 Å². The summed E-state index contributed by atoms with van der Waals surface area (Å²) in [4.78, 5) is 70.8. The summed E-state index contributed by atoms with van der Waals surface area (Å²) in [5.41, 5.74) is 12.8. The molecule has 0 aromatic heterocycles. The summed E-state index contributed by atoms with van der Waals surface area (Å²) in [5, 5.41) is 26.7. The number of primary amides is 1. The van der Waals surface area contributed by atoms with Gasteiger partial charge in [0.1, 0.15) is 17.8 Å². The molecule has 10 N–H and O–H groups in total. The van der Waals surface area contributed by atoms with E-state index in [1.54, 1.807) is 36.4 Å². The normalized spacial score (nSPS) is 12.2. The number of nitrogens with two attached hydrogens (primary N) is 2. The maximum absolute atomic E-state index is 13.0. The van der Waals surface area contributed by atoms with E-state index < -0.39 is 66.7 Å². The van der Waals surface area contributed by atoms with E-state index in [-0.39, 0.29) is 18.6 Å². The average Bonchev–Trinajstić information content (AvgIpc) is 2.97. The number of phenolic OH excluding ortho intramolecular Hbond substituents is 1. The van der Waals surface area contributed by atoms with Gasteiger partial charge in [0.05, 0.1) is 19.1 Å². The van der Waals surface area contributed by atoms with E-state index in [1.165, 1.54) is 23.9 Å². The molecule has 0 unspecified atom stereocenters. The molecule has 2 aromatic rings. The maximum atomic E-state index is 13.0. The zero-order chi connectivity index (χ0) is 33.1. The topological polar surface area (TPSA) is 243 Å². The number of thioether (sulfide) groups is 1. The van der Waals surface area contributed by atoms with Crippen LogP contribution < -0.4 is 32.7 Å². The second-order valence-electron chi connectivity index (χ2n) is 9.55. The summed E-state index contributed by atoms with van der Waals surface area (Å²) in [5.74, 6) is -3.22. The smallest absolute Gasteiger partial charge is 0.300 e. The third-order valence-corrected chi connectivity index (χ3v) is 6.45. The monoisotopic (exact) mass is 632 g/mol. The van der Waals surface area contributed by atoms with Gasteiger partial charge in [-0.3, -0.25) is 28.8 Å². The number of aromatic hydroxyl groups is 1. The van der Waals surface area contributed by atoms with Gasteiger partial charge < -0.3 is 42.9 Å². The summed E-state index contributed by atoms with van der Waals surface area (Å²) in [6.07, 6.45) is 2.56. The number of benzene rings is 2. The van der Waals surface area contributed by atoms with Crippen molar-refractivity contribution in [3.8, 4) is 5.75 Å². The van der Waals surface area contributed by atoms with Crippen molar-refractivity contribution in [3.05, 3.63) is 65.7 Å². The Morgan fingerprint density at radius 3 is 1.93 bits per heavy atom. The second kappa shape index (κ2) is 20.3. The molecule has 240 valence electrons. The fourth-order valence-corrected chi connectivity index (χ4v) is 4.09. The van der Waals surface area contributed by atoms with Crippen molar-refractivity contribution in [1.82, 2.24) is 21.3 Å². The quantitative estimate of drug-likeness (QED) is 0.113. The van der Waals surface area contributed by atoms with E-state index in [0.717, 1.165) is 18.1 Å². The van der Waals surface area contributed by atoms with Crippen LogP contribution >= 0.6 is 11.8 Å². The number of carbonyl (C=O) groups excluding carboxylic acids is 5. The van der Waals surface area contributed by atoms with Gasteiger partial charge in [0.2, 0.25) is 29.5 Å². The number of carbonyl (C=O) groups is 6. The Morgan fingerprint density at radius 2 is 1.36 bits per heavy atom. The molecule has 0 heterocycles. The number of amides is 5. The van der Waals surface area contributed by atoms with Gasteiger partial charge in [-0.1, -0.05) is 42.5 Å². The van der Waals surface area contributed by atoms with Gasteiger partial charge in [0.25, 0.3) is 5.97 Å². The van der Waals surface area contributed by atoms with E-state index >= 15 is 0 Å². The van der Waals surface area contributed by atoms with E-state index in [4.69, 9.17) is 21.4 Å². The summed E-state index contributed by atoms with van der Waals surface area (Å²) in [6.45, 7) is 0.234. The van der Waals surface area contributed by atoms with Crippen molar-refractivity contribution in [1.29, 1.82) is 0 Å². The molecule has 15 heteroatoms. The number of carboxylic acids is 1. The second-order valence-corrected chi connectivity index (χ2v) is 10.5. The zero-order valence-corrected chi connectivity index (χ0v) is 25.4. The van der Waals surface area contributed by atoms with Crippen LogP contribution in [-0.2, 0) is 41.6 Å². The Labute approximate surface area is 259 Å². The molecule has 0 aliphatic carbocycles. The van der Waals surface area contributed by atoms with Crippen LogP contribution in [0, 0.1) is 0 Å². The number of rotatable bonds is 16. The van der Waals surface area contributed by atoms with E-state index in [2.05, 4.69) is 21.3 Å². The molecule has 0 spiro atoms. The summed E-state index contributed by atoms with van der Waals surface area (Å²) in [7, 11) is 0. The number of aliphatic carboxylic acids is 1. The highest BCUT2D eigenvalue weighted by Gasteiger charge is 2.26. The lowest BCUT2D eigenvalue weighted by atomic mass is 10.0. The lowest BCUT2D eigenvalue weighted by Crippen LogP contribution is -2.55. The molecule has 2 aromatic carbocycles. The summed E-state index contributed by atoms with van der Waals surface area (Å²) in [6, 6.07) is 12.4. The number of nitrogens with one attached hydrogen (secondary N) is 4. The Kier molecular flexibility index (Phi) is 17.3. The van der Waals surface area contributed by atoms with E-state index in [0.29, 0.717) is 12.2 Å². The molecule has 0 aliphatic rings. The zero-order valence-electron chi connectivity index (χ0n) is 24.6. The van der Waals surface area contributed by atoms with Crippen LogP contribution in [0.1, 0.15) is 24.5 Å². The number of carboxylic acid groups (broad SMARTS) is 1. The van der Waals surface area contributed by atoms with Crippen LogP contribution in [-0.4, -0.2) is 88.9 Å². The first-order valence-electron chi connectivity index (χ1n) is 13.5. The Hall–Kier alpha value is -4.63. The van der Waals surface area contributed by atoms with Gasteiger partial charge in [0.15, 0.2) is 0 Å². The largest absolute Gasteiger partial charge is 0.508 e. The van der Waals surface area contributed by atoms with Crippen molar-refractivity contribution in [3.63, 3.8) is 0 Å². The van der Waals surface area contributed by atoms with Crippen LogP contribution in [0.3, 0.4) is 0 Å². The van der Waals surface area contributed by atoms with Gasteiger partial charge in [-0.15, -0.1) is 0 Å². The predicted octanol–water partition coefficient (Wildman–Crippen LogP) is -0.964.